The van der Waals surface area contributed by atoms with Gasteiger partial charge in [-0.25, -0.2) is 0 Å². The molecule has 3 amide bonds. The number of amides is 3. The van der Waals surface area contributed by atoms with E-state index in [2.05, 4.69) is 15.5 Å². The molecule has 0 spiro atoms. The van der Waals surface area contributed by atoms with Crippen LogP contribution >= 0.6 is 11.3 Å². The summed E-state index contributed by atoms with van der Waals surface area (Å²) < 4.78 is 0. The van der Waals surface area contributed by atoms with Gasteiger partial charge in [0, 0.05) is 43.9 Å². The Bertz CT molecular complexity index is 1230. The lowest BCUT2D eigenvalue weighted by molar-refractivity contribution is -0.138. The van der Waals surface area contributed by atoms with Crippen molar-refractivity contribution in [1.82, 2.24) is 20.4 Å². The highest BCUT2D eigenvalue weighted by Crippen LogP contribution is 2.29. The molecule has 2 aliphatic rings. The zero-order valence-electron chi connectivity index (χ0n) is 28.5. The highest BCUT2D eigenvalue weighted by molar-refractivity contribution is 7.09. The lowest BCUT2D eigenvalue weighted by atomic mass is 9.82. The number of hydrogen-bond donors (Lipinski definition) is 4. The van der Waals surface area contributed by atoms with Crippen molar-refractivity contribution in [2.45, 2.75) is 102 Å². The number of rotatable bonds is 16. The number of likely N-dealkylation sites (N-methyl/N-ethyl adjacent to an activating group) is 1. The van der Waals surface area contributed by atoms with Gasteiger partial charge in [-0.2, -0.15) is 0 Å². The molecular weight excluding hydrogens is 612 g/mol. The molecule has 0 bridgehead atoms. The Balaban J connectivity index is 1.53. The van der Waals surface area contributed by atoms with Crippen molar-refractivity contribution in [3.63, 3.8) is 0 Å². The molecule has 4 N–H and O–H groups in total. The zero-order chi connectivity index (χ0) is 33.8. The van der Waals surface area contributed by atoms with E-state index < -0.39 is 30.2 Å². The molecule has 10 heteroatoms. The monoisotopic (exact) mass is 668 g/mol. The molecule has 1 saturated heterocycles. The summed E-state index contributed by atoms with van der Waals surface area (Å²) in [6.07, 6.45) is 5.18. The number of thiophene rings is 1. The SMILES string of the molecule is CC(C)CC(O)C(O)C(CC1CCCCC1)NC(=O)C(Cc1cccs1)NC(=O)C(CC(=O)N1CCN(C)CC1)Cc1ccccc1. The summed E-state index contributed by atoms with van der Waals surface area (Å²) in [7, 11) is 2.04. The average Bonchev–Trinajstić information content (AvgIpc) is 3.57. The summed E-state index contributed by atoms with van der Waals surface area (Å²) in [5.41, 5.74) is 0.952. The number of aliphatic hydroxyl groups excluding tert-OH is 2. The minimum absolute atomic E-state index is 0.0525. The van der Waals surface area contributed by atoms with E-state index in [-0.39, 0.29) is 30.1 Å². The fourth-order valence-electron chi connectivity index (χ4n) is 6.92. The molecule has 5 atom stereocenters. The zero-order valence-corrected chi connectivity index (χ0v) is 29.3. The van der Waals surface area contributed by atoms with E-state index in [0.29, 0.717) is 44.7 Å². The molecule has 1 aromatic heterocycles. The van der Waals surface area contributed by atoms with Gasteiger partial charge in [0.1, 0.15) is 12.1 Å². The Kier molecular flexibility index (Phi) is 14.7. The van der Waals surface area contributed by atoms with Crippen LogP contribution in [-0.4, -0.2) is 95.3 Å². The van der Waals surface area contributed by atoms with Crippen molar-refractivity contribution < 1.29 is 24.6 Å². The fraction of sp³-hybridized carbons (Fsp3) is 0.649. The van der Waals surface area contributed by atoms with E-state index >= 15 is 0 Å². The summed E-state index contributed by atoms with van der Waals surface area (Å²) in [4.78, 5) is 46.6. The van der Waals surface area contributed by atoms with Crippen LogP contribution in [0.25, 0.3) is 0 Å². The summed E-state index contributed by atoms with van der Waals surface area (Å²) in [5, 5.41) is 30.3. The largest absolute Gasteiger partial charge is 0.390 e. The van der Waals surface area contributed by atoms with Crippen molar-refractivity contribution >= 4 is 29.1 Å². The summed E-state index contributed by atoms with van der Waals surface area (Å²) in [6.45, 7) is 6.85. The number of nitrogens with zero attached hydrogens (tertiary/aromatic N) is 2. The Labute approximate surface area is 285 Å². The molecule has 47 heavy (non-hydrogen) atoms. The third kappa shape index (κ3) is 12.0. The molecule has 4 rings (SSSR count). The highest BCUT2D eigenvalue weighted by atomic mass is 32.1. The number of piperazine rings is 1. The molecule has 260 valence electrons. The van der Waals surface area contributed by atoms with Gasteiger partial charge in [-0.15, -0.1) is 11.3 Å². The van der Waals surface area contributed by atoms with E-state index in [4.69, 9.17) is 0 Å². The number of carbonyl (C=O) groups excluding carboxylic acids is 3. The van der Waals surface area contributed by atoms with E-state index in [0.717, 1.165) is 49.2 Å². The lowest BCUT2D eigenvalue weighted by Gasteiger charge is -2.34. The first-order chi connectivity index (χ1) is 22.6. The van der Waals surface area contributed by atoms with Crippen LogP contribution < -0.4 is 10.6 Å². The van der Waals surface area contributed by atoms with Crippen molar-refractivity contribution in [3.05, 3.63) is 58.3 Å². The molecule has 1 saturated carbocycles. The molecule has 1 aliphatic heterocycles. The second-order valence-corrected chi connectivity index (χ2v) is 15.2. The maximum atomic E-state index is 14.1. The Morgan fingerprint density at radius 3 is 2.23 bits per heavy atom. The second kappa shape index (κ2) is 18.7. The standard InChI is InChI=1S/C37H56N4O5S/c1-26(2)21-33(42)35(44)31(23-28-13-8-5-9-14-28)38-37(46)32(25-30-15-10-20-47-30)39-36(45)29(22-27-11-6-4-7-12-27)24-34(43)41-18-16-40(3)17-19-41/h4,6-7,10-12,15,20,26,28-29,31-33,35,42,44H,5,8-9,13-14,16-19,21-25H2,1-3H3,(H,38,46)(H,39,45). The van der Waals surface area contributed by atoms with Gasteiger partial charge < -0.3 is 30.6 Å². The van der Waals surface area contributed by atoms with Gasteiger partial charge >= 0.3 is 0 Å². The normalized spacial score (nSPS) is 19.5. The average molecular weight is 669 g/mol. The van der Waals surface area contributed by atoms with Crippen LogP contribution in [-0.2, 0) is 27.2 Å². The first kappa shape index (κ1) is 37.0. The van der Waals surface area contributed by atoms with Gasteiger partial charge in [0.05, 0.1) is 18.1 Å². The van der Waals surface area contributed by atoms with Crippen molar-refractivity contribution in [2.75, 3.05) is 33.2 Å². The van der Waals surface area contributed by atoms with Crippen LogP contribution in [0.1, 0.15) is 75.7 Å². The van der Waals surface area contributed by atoms with Gasteiger partial charge in [0.15, 0.2) is 0 Å². The first-order valence-corrected chi connectivity index (χ1v) is 18.5. The third-order valence-corrected chi connectivity index (χ3v) is 10.6. The molecule has 2 aromatic rings. The van der Waals surface area contributed by atoms with E-state index in [1.807, 2.05) is 73.6 Å². The van der Waals surface area contributed by atoms with Gasteiger partial charge in [-0.1, -0.05) is 82.3 Å². The van der Waals surface area contributed by atoms with Gasteiger partial charge in [0.2, 0.25) is 17.7 Å². The molecule has 2 fully saturated rings. The third-order valence-electron chi connectivity index (χ3n) is 9.75. The predicted octanol–water partition coefficient (Wildman–Crippen LogP) is 4.02. The van der Waals surface area contributed by atoms with Gasteiger partial charge in [0.25, 0.3) is 0 Å². The van der Waals surface area contributed by atoms with Crippen LogP contribution in [0.4, 0.5) is 0 Å². The van der Waals surface area contributed by atoms with Crippen molar-refractivity contribution in [1.29, 1.82) is 0 Å². The summed E-state index contributed by atoms with van der Waals surface area (Å²) >= 11 is 1.52. The lowest BCUT2D eigenvalue weighted by Crippen LogP contribution is -2.56. The van der Waals surface area contributed by atoms with Crippen LogP contribution in [0.5, 0.6) is 0 Å². The Morgan fingerprint density at radius 2 is 1.60 bits per heavy atom. The number of nitrogens with one attached hydrogen (secondary N) is 2. The minimum atomic E-state index is -1.12. The summed E-state index contributed by atoms with van der Waals surface area (Å²) in [5.74, 6) is -0.879. The maximum Gasteiger partial charge on any atom is 0.243 e. The fourth-order valence-corrected chi connectivity index (χ4v) is 7.67. The first-order valence-electron chi connectivity index (χ1n) is 17.6. The maximum absolute atomic E-state index is 14.1. The molecule has 9 nitrogen and oxygen atoms in total. The molecule has 0 radical (unpaired) electrons. The predicted molar refractivity (Wildman–Crippen MR) is 187 cm³/mol. The Hall–Kier alpha value is -2.79. The molecule has 2 heterocycles. The smallest absolute Gasteiger partial charge is 0.243 e. The molecule has 1 aliphatic carbocycles. The number of benzene rings is 1. The minimum Gasteiger partial charge on any atom is -0.390 e. The topological polar surface area (TPSA) is 122 Å². The van der Waals surface area contributed by atoms with Gasteiger partial charge in [-0.3, -0.25) is 14.4 Å². The van der Waals surface area contributed by atoms with Crippen molar-refractivity contribution in [3.8, 4) is 0 Å². The molecule has 1 aromatic carbocycles. The van der Waals surface area contributed by atoms with E-state index in [1.165, 1.54) is 17.8 Å². The van der Waals surface area contributed by atoms with Gasteiger partial charge in [-0.05, 0) is 55.2 Å². The number of hydrogen-bond acceptors (Lipinski definition) is 7. The molecular formula is C37H56N4O5S. The van der Waals surface area contributed by atoms with Crippen LogP contribution in [0.15, 0.2) is 47.8 Å². The Morgan fingerprint density at radius 1 is 0.894 bits per heavy atom. The van der Waals surface area contributed by atoms with Crippen LogP contribution in [0.2, 0.25) is 0 Å². The van der Waals surface area contributed by atoms with Crippen molar-refractivity contribution in [2.24, 2.45) is 17.8 Å². The number of aliphatic hydroxyl groups is 2. The number of carbonyl (C=O) groups is 3. The quantitative estimate of drug-likeness (QED) is 0.215. The van der Waals surface area contributed by atoms with Crippen LogP contribution in [0, 0.1) is 17.8 Å². The van der Waals surface area contributed by atoms with E-state index in [1.54, 1.807) is 0 Å². The van der Waals surface area contributed by atoms with Crippen LogP contribution in [0.3, 0.4) is 0 Å². The highest BCUT2D eigenvalue weighted by Gasteiger charge is 2.35. The molecule has 5 unspecified atom stereocenters. The van der Waals surface area contributed by atoms with E-state index in [9.17, 15) is 24.6 Å². The summed E-state index contributed by atoms with van der Waals surface area (Å²) in [6, 6.07) is 12.0. The second-order valence-electron chi connectivity index (χ2n) is 14.2.